The van der Waals surface area contributed by atoms with Gasteiger partial charge >= 0.3 is 0 Å². The van der Waals surface area contributed by atoms with Crippen molar-refractivity contribution in [2.24, 2.45) is 0 Å². The second kappa shape index (κ2) is 6.55. The van der Waals surface area contributed by atoms with Crippen molar-refractivity contribution in [3.63, 3.8) is 0 Å². The van der Waals surface area contributed by atoms with Crippen LogP contribution in [0.1, 0.15) is 11.1 Å². The Morgan fingerprint density at radius 3 is 2.05 bits per heavy atom. The topological polar surface area (TPSA) is 0 Å². The van der Waals surface area contributed by atoms with E-state index in [1.54, 1.807) is 6.07 Å². The Bertz CT molecular complexity index is 566. The summed E-state index contributed by atoms with van der Waals surface area (Å²) >= 11 is 12.3. The third-order valence-electron chi connectivity index (χ3n) is 3.42. The van der Waals surface area contributed by atoms with E-state index in [4.69, 9.17) is 23.2 Å². The molecule has 0 aliphatic rings. The first-order valence-corrected chi connectivity index (χ1v) is 7.29. The molecule has 0 radical (unpaired) electrons. The predicted octanol–water partition coefficient (Wildman–Crippen LogP) is 4.92. The molecule has 0 unspecified atom stereocenters. The van der Waals surface area contributed by atoms with E-state index in [1.807, 2.05) is 30.3 Å². The van der Waals surface area contributed by atoms with Crippen LogP contribution < -0.4 is 0 Å². The van der Waals surface area contributed by atoms with Crippen LogP contribution in [0.5, 0.6) is 0 Å². The average Bonchev–Trinajstić information content (AvgIpc) is 2.49. The second-order valence-corrected chi connectivity index (χ2v) is 5.37. The lowest BCUT2D eigenvalue weighted by molar-refractivity contribution is 0.499. The Labute approximate surface area is 127 Å². The summed E-state index contributed by atoms with van der Waals surface area (Å²) in [5.41, 5.74) is 1.18. The van der Waals surface area contributed by atoms with Gasteiger partial charge in [-0.2, -0.15) is 0 Å². The number of halogens is 4. The van der Waals surface area contributed by atoms with Crippen LogP contribution in [0.15, 0.2) is 48.5 Å². The highest BCUT2D eigenvalue weighted by atomic mass is 35.5. The summed E-state index contributed by atoms with van der Waals surface area (Å²) in [5.74, 6) is -1.09. The maximum Gasteiger partial charge on any atom is 0.159 e. The highest BCUT2D eigenvalue weighted by Gasteiger charge is 2.31. The first kappa shape index (κ1) is 15.3. The molecule has 0 N–H and O–H groups in total. The molecule has 0 nitrogen and oxygen atoms in total. The van der Waals surface area contributed by atoms with E-state index in [9.17, 15) is 8.78 Å². The van der Waals surface area contributed by atoms with Crippen molar-refractivity contribution >= 4 is 23.2 Å². The van der Waals surface area contributed by atoms with E-state index in [2.05, 4.69) is 0 Å². The summed E-state index contributed by atoms with van der Waals surface area (Å²) in [5, 5.41) is 0. The van der Waals surface area contributed by atoms with E-state index < -0.39 is 17.0 Å². The lowest BCUT2D eigenvalue weighted by atomic mass is 9.79. The molecule has 0 aromatic heterocycles. The van der Waals surface area contributed by atoms with Crippen LogP contribution in [0.2, 0.25) is 0 Å². The lowest BCUT2D eigenvalue weighted by Crippen LogP contribution is -2.33. The summed E-state index contributed by atoms with van der Waals surface area (Å²) in [6.45, 7) is 0. The van der Waals surface area contributed by atoms with Gasteiger partial charge in [0.2, 0.25) is 0 Å². The zero-order valence-corrected chi connectivity index (χ0v) is 12.3. The predicted molar refractivity (Wildman–Crippen MR) is 79.6 cm³/mol. The van der Waals surface area contributed by atoms with Crippen molar-refractivity contribution in [1.82, 2.24) is 0 Å². The van der Waals surface area contributed by atoms with Gasteiger partial charge in [-0.25, -0.2) is 8.78 Å². The van der Waals surface area contributed by atoms with Gasteiger partial charge in [-0.15, -0.1) is 23.2 Å². The van der Waals surface area contributed by atoms with Gasteiger partial charge < -0.3 is 0 Å². The minimum Gasteiger partial charge on any atom is -0.204 e. The normalized spacial score (nSPS) is 11.6. The van der Waals surface area contributed by atoms with Crippen LogP contribution >= 0.6 is 23.2 Å². The van der Waals surface area contributed by atoms with Crippen molar-refractivity contribution in [1.29, 1.82) is 0 Å². The maximum absolute atomic E-state index is 13.3. The largest absolute Gasteiger partial charge is 0.204 e. The molecule has 0 amide bonds. The fourth-order valence-electron chi connectivity index (χ4n) is 2.22. The van der Waals surface area contributed by atoms with Crippen LogP contribution in [-0.2, 0) is 11.8 Å². The molecule has 0 aliphatic heterocycles. The standard InChI is InChI=1S/C16H14Cl2F2/c17-10-16(11-18,13-4-2-1-3-5-13)9-12-6-7-14(19)15(20)8-12/h1-8H,9-11H2. The summed E-state index contributed by atoms with van der Waals surface area (Å²) in [6.07, 6.45) is 0.460. The molecule has 0 aliphatic carbocycles. The minimum absolute atomic E-state index is 0.305. The molecular formula is C16H14Cl2F2. The van der Waals surface area contributed by atoms with Crippen LogP contribution in [0.25, 0.3) is 0 Å². The van der Waals surface area contributed by atoms with Crippen molar-refractivity contribution in [2.45, 2.75) is 11.8 Å². The molecule has 4 heteroatoms. The molecule has 2 rings (SSSR count). The molecule has 0 atom stereocenters. The van der Waals surface area contributed by atoms with Gasteiger partial charge in [0.25, 0.3) is 0 Å². The van der Waals surface area contributed by atoms with Gasteiger partial charge in [0.1, 0.15) is 0 Å². The lowest BCUT2D eigenvalue weighted by Gasteiger charge is -2.30. The van der Waals surface area contributed by atoms with Crippen molar-refractivity contribution in [3.8, 4) is 0 Å². The summed E-state index contributed by atoms with van der Waals surface area (Å²) in [6, 6.07) is 13.5. The van der Waals surface area contributed by atoms with Gasteiger partial charge in [0.05, 0.1) is 0 Å². The molecule has 106 valence electrons. The Hall–Kier alpha value is -1.12. The van der Waals surface area contributed by atoms with E-state index in [1.165, 1.54) is 6.07 Å². The molecule has 0 spiro atoms. The third-order valence-corrected chi connectivity index (χ3v) is 4.45. The molecule has 2 aromatic carbocycles. The van der Waals surface area contributed by atoms with E-state index >= 15 is 0 Å². The highest BCUT2D eigenvalue weighted by Crippen LogP contribution is 2.32. The monoisotopic (exact) mass is 314 g/mol. The zero-order valence-electron chi connectivity index (χ0n) is 10.8. The minimum atomic E-state index is -0.853. The third kappa shape index (κ3) is 3.13. The second-order valence-electron chi connectivity index (χ2n) is 4.84. The fourth-order valence-corrected chi connectivity index (χ4v) is 3.00. The number of hydrogen-bond donors (Lipinski definition) is 0. The van der Waals surface area contributed by atoms with E-state index in [0.717, 1.165) is 11.6 Å². The highest BCUT2D eigenvalue weighted by molar-refractivity contribution is 6.22. The average molecular weight is 315 g/mol. The molecule has 0 heterocycles. The Kier molecular flexibility index (Phi) is 5.00. The van der Waals surface area contributed by atoms with E-state index in [-0.39, 0.29) is 0 Å². The van der Waals surface area contributed by atoms with Gasteiger partial charge in [0.15, 0.2) is 11.6 Å². The maximum atomic E-state index is 13.3. The van der Waals surface area contributed by atoms with Crippen LogP contribution in [0.3, 0.4) is 0 Å². The van der Waals surface area contributed by atoms with E-state index in [0.29, 0.717) is 23.7 Å². The number of hydrogen-bond acceptors (Lipinski definition) is 0. The molecule has 20 heavy (non-hydrogen) atoms. The Morgan fingerprint density at radius 1 is 0.850 bits per heavy atom. The Balaban J connectivity index is 2.36. The fraction of sp³-hybridized carbons (Fsp3) is 0.250. The van der Waals surface area contributed by atoms with Crippen molar-refractivity contribution < 1.29 is 8.78 Å². The first-order chi connectivity index (χ1) is 9.61. The number of benzene rings is 2. The number of alkyl halides is 2. The molecule has 0 fully saturated rings. The molecule has 0 saturated carbocycles. The first-order valence-electron chi connectivity index (χ1n) is 6.23. The van der Waals surface area contributed by atoms with Crippen LogP contribution in [0.4, 0.5) is 8.78 Å². The number of rotatable bonds is 5. The van der Waals surface area contributed by atoms with Gasteiger partial charge in [-0.05, 0) is 29.7 Å². The quantitative estimate of drug-likeness (QED) is 0.687. The molecule has 0 saturated heterocycles. The summed E-state index contributed by atoms with van der Waals surface area (Å²) in [7, 11) is 0. The molecule has 2 aromatic rings. The van der Waals surface area contributed by atoms with Crippen molar-refractivity contribution in [3.05, 3.63) is 71.3 Å². The molecule has 0 bridgehead atoms. The SMILES string of the molecule is Fc1ccc(CC(CCl)(CCl)c2ccccc2)cc1F. The smallest absolute Gasteiger partial charge is 0.159 e. The van der Waals surface area contributed by atoms with Gasteiger partial charge in [-0.3, -0.25) is 0 Å². The zero-order chi connectivity index (χ0) is 14.6. The van der Waals surface area contributed by atoms with Crippen molar-refractivity contribution in [2.75, 3.05) is 11.8 Å². The molecular weight excluding hydrogens is 301 g/mol. The van der Waals surface area contributed by atoms with Crippen LogP contribution in [0, 0.1) is 11.6 Å². The van der Waals surface area contributed by atoms with Crippen LogP contribution in [-0.4, -0.2) is 11.8 Å². The van der Waals surface area contributed by atoms with Gasteiger partial charge in [0, 0.05) is 17.2 Å². The van der Waals surface area contributed by atoms with Gasteiger partial charge in [-0.1, -0.05) is 36.4 Å². The Morgan fingerprint density at radius 2 is 1.50 bits per heavy atom. The summed E-state index contributed by atoms with van der Waals surface area (Å²) < 4.78 is 26.3. The summed E-state index contributed by atoms with van der Waals surface area (Å²) in [4.78, 5) is 0.